The average molecular weight is 391 g/mol. The van der Waals surface area contributed by atoms with Crippen LogP contribution in [-0.4, -0.2) is 64.7 Å². The van der Waals surface area contributed by atoms with Crippen molar-refractivity contribution >= 4 is 28.8 Å². The van der Waals surface area contributed by atoms with Crippen molar-refractivity contribution in [2.24, 2.45) is 11.8 Å². The van der Waals surface area contributed by atoms with Crippen molar-refractivity contribution in [3.63, 3.8) is 0 Å². The monoisotopic (exact) mass is 391 g/mol. The van der Waals surface area contributed by atoms with Gasteiger partial charge in [-0.05, 0) is 31.5 Å². The van der Waals surface area contributed by atoms with E-state index >= 15 is 0 Å². The van der Waals surface area contributed by atoms with E-state index in [0.717, 1.165) is 5.69 Å². The zero-order chi connectivity index (χ0) is 21.4. The minimum absolute atomic E-state index is 0.278. The van der Waals surface area contributed by atoms with E-state index in [1.165, 1.54) is 28.1 Å². The van der Waals surface area contributed by atoms with Gasteiger partial charge in [0.05, 0.1) is 11.8 Å². The first-order valence-electron chi connectivity index (χ1n) is 8.97. The summed E-state index contributed by atoms with van der Waals surface area (Å²) >= 11 is 0. The summed E-state index contributed by atoms with van der Waals surface area (Å²) in [7, 11) is 6.48. The highest BCUT2D eigenvalue weighted by Crippen LogP contribution is 2.36. The van der Waals surface area contributed by atoms with Gasteiger partial charge in [-0.1, -0.05) is 12.1 Å². The van der Waals surface area contributed by atoms with Gasteiger partial charge in [-0.3, -0.25) is 19.2 Å². The summed E-state index contributed by atoms with van der Waals surface area (Å²) in [6.07, 6.45) is 0. The fourth-order valence-electron chi connectivity index (χ4n) is 3.40. The van der Waals surface area contributed by atoms with Gasteiger partial charge in [-0.2, -0.15) is 0 Å². The van der Waals surface area contributed by atoms with Gasteiger partial charge in [-0.25, -0.2) is 0 Å². The molecule has 1 aromatic rings. The van der Waals surface area contributed by atoms with Gasteiger partial charge >= 0.3 is 0 Å². The van der Waals surface area contributed by atoms with Crippen molar-refractivity contribution in [3.05, 3.63) is 29.8 Å². The Balaban J connectivity index is 3.58. The Morgan fingerprint density at radius 1 is 0.821 bits per heavy atom. The molecule has 0 spiro atoms. The van der Waals surface area contributed by atoms with E-state index in [9.17, 15) is 19.2 Å². The first kappa shape index (κ1) is 23.7. The molecular formula is C21H29NO6. The molecule has 0 N–H and O–H groups in total. The third-order valence-corrected chi connectivity index (χ3v) is 4.66. The van der Waals surface area contributed by atoms with Crippen molar-refractivity contribution in [2.45, 2.75) is 19.8 Å². The van der Waals surface area contributed by atoms with Gasteiger partial charge < -0.3 is 14.4 Å². The lowest BCUT2D eigenvalue weighted by Gasteiger charge is -2.30. The quantitative estimate of drug-likeness (QED) is 0.501. The lowest BCUT2D eigenvalue weighted by atomic mass is 9.70. The van der Waals surface area contributed by atoms with Crippen molar-refractivity contribution in [1.29, 1.82) is 0 Å². The first-order valence-corrected chi connectivity index (χ1v) is 8.97. The third kappa shape index (κ3) is 5.81. The van der Waals surface area contributed by atoms with E-state index in [4.69, 9.17) is 9.47 Å². The Hall–Kier alpha value is -2.38. The number of ketones is 4. The lowest BCUT2D eigenvalue weighted by Crippen LogP contribution is -2.41. The van der Waals surface area contributed by atoms with Crippen molar-refractivity contribution in [1.82, 2.24) is 0 Å². The van der Waals surface area contributed by atoms with Gasteiger partial charge in [0.1, 0.15) is 24.8 Å². The van der Waals surface area contributed by atoms with Gasteiger partial charge in [0.15, 0.2) is 11.6 Å². The number of hydrogen-bond donors (Lipinski definition) is 0. The van der Waals surface area contributed by atoms with Crippen LogP contribution in [0, 0.1) is 11.8 Å². The van der Waals surface area contributed by atoms with Crippen molar-refractivity contribution < 1.29 is 28.7 Å². The molecular weight excluding hydrogens is 362 g/mol. The second-order valence-electron chi connectivity index (χ2n) is 6.99. The number of rotatable bonds is 12. The predicted molar refractivity (Wildman–Crippen MR) is 106 cm³/mol. The predicted octanol–water partition coefficient (Wildman–Crippen LogP) is 1.68. The van der Waals surface area contributed by atoms with E-state index in [0.29, 0.717) is 5.56 Å². The minimum atomic E-state index is -1.17. The largest absolute Gasteiger partial charge is 0.378 e. The fraction of sp³-hybridized carbons (Fsp3) is 0.524. The minimum Gasteiger partial charge on any atom is -0.378 e. The number of ether oxygens (including phenoxy) is 2. The molecule has 0 fully saturated rings. The number of anilines is 1. The van der Waals surface area contributed by atoms with Gasteiger partial charge in [-0.15, -0.1) is 0 Å². The van der Waals surface area contributed by atoms with Crippen LogP contribution in [0.4, 0.5) is 5.69 Å². The number of methoxy groups -OCH3 is 2. The Kier molecular flexibility index (Phi) is 9.15. The highest BCUT2D eigenvalue weighted by atomic mass is 16.5. The molecule has 0 saturated carbocycles. The molecule has 1 aromatic carbocycles. The van der Waals surface area contributed by atoms with Crippen LogP contribution in [0.3, 0.4) is 0 Å². The molecule has 28 heavy (non-hydrogen) atoms. The summed E-state index contributed by atoms with van der Waals surface area (Å²) in [6, 6.07) is 7.12. The molecule has 0 aliphatic rings. The molecule has 0 radical (unpaired) electrons. The van der Waals surface area contributed by atoms with Crippen molar-refractivity contribution in [3.8, 4) is 0 Å². The molecule has 2 atom stereocenters. The molecule has 154 valence electrons. The van der Waals surface area contributed by atoms with Crippen LogP contribution >= 0.6 is 0 Å². The molecule has 0 aromatic heterocycles. The van der Waals surface area contributed by atoms with Gasteiger partial charge in [0, 0.05) is 39.9 Å². The number of nitrogens with zero attached hydrogens (tertiary/aromatic N) is 1. The van der Waals surface area contributed by atoms with Gasteiger partial charge in [0.25, 0.3) is 0 Å². The number of carbonyl (C=O) groups is 4. The Bertz CT molecular complexity index is 674. The maximum atomic E-state index is 12.7. The Morgan fingerprint density at radius 2 is 1.21 bits per heavy atom. The Morgan fingerprint density at radius 3 is 1.50 bits per heavy atom. The summed E-state index contributed by atoms with van der Waals surface area (Å²) in [5.41, 5.74) is 1.48. The number of Topliss-reactive ketones (excluding diaryl/α,β-unsaturated/α-hetero) is 4. The maximum Gasteiger partial charge on any atom is 0.169 e. The highest BCUT2D eigenvalue weighted by Gasteiger charge is 2.43. The molecule has 0 aliphatic carbocycles. The SMILES string of the molecule is COCC(=O)C(C(C)=O)C(c1ccc(N(C)C)cc1)C(C(C)=O)C(=O)COC. The van der Waals surface area contributed by atoms with Crippen LogP contribution in [0.25, 0.3) is 0 Å². The molecule has 1 rings (SSSR count). The normalized spacial score (nSPS) is 14.1. The molecule has 0 saturated heterocycles. The van der Waals surface area contributed by atoms with Crippen LogP contribution in [0.2, 0.25) is 0 Å². The lowest BCUT2D eigenvalue weighted by molar-refractivity contribution is -0.139. The third-order valence-electron chi connectivity index (χ3n) is 4.66. The van der Waals surface area contributed by atoms with E-state index in [-0.39, 0.29) is 13.2 Å². The summed E-state index contributed by atoms with van der Waals surface area (Å²) in [6.45, 7) is 2.02. The molecule has 0 heterocycles. The smallest absolute Gasteiger partial charge is 0.169 e. The topological polar surface area (TPSA) is 90.0 Å². The summed E-state index contributed by atoms with van der Waals surface area (Å²) < 4.78 is 9.83. The number of carbonyl (C=O) groups excluding carboxylic acids is 4. The molecule has 7 nitrogen and oxygen atoms in total. The second-order valence-corrected chi connectivity index (χ2v) is 6.99. The Labute approximate surface area is 166 Å². The maximum absolute atomic E-state index is 12.7. The standard InChI is InChI=1S/C21H29NO6/c1-13(23)19(17(25)11-27-5)21(20(14(2)24)18(26)12-28-6)15-7-9-16(10-8-15)22(3)4/h7-10,19-21H,11-12H2,1-6H3. The van der Waals surface area contributed by atoms with Crippen LogP contribution in [0.15, 0.2) is 24.3 Å². The van der Waals surface area contributed by atoms with Crippen LogP contribution in [0.1, 0.15) is 25.3 Å². The molecule has 0 aliphatic heterocycles. The second kappa shape index (κ2) is 10.8. The summed E-state index contributed by atoms with van der Waals surface area (Å²) in [4.78, 5) is 52.1. The molecule has 2 unspecified atom stereocenters. The summed E-state index contributed by atoms with van der Waals surface area (Å²) in [5, 5.41) is 0. The molecule has 7 heteroatoms. The highest BCUT2D eigenvalue weighted by molar-refractivity contribution is 6.08. The molecule has 0 bridgehead atoms. The fourth-order valence-corrected chi connectivity index (χ4v) is 3.40. The van der Waals surface area contributed by atoms with Gasteiger partial charge in [0.2, 0.25) is 0 Å². The van der Waals surface area contributed by atoms with Crippen LogP contribution in [0.5, 0.6) is 0 Å². The summed E-state index contributed by atoms with van der Waals surface area (Å²) in [5.74, 6) is -5.02. The van der Waals surface area contributed by atoms with Crippen LogP contribution in [-0.2, 0) is 28.7 Å². The van der Waals surface area contributed by atoms with E-state index in [1.807, 2.05) is 31.1 Å². The zero-order valence-corrected chi connectivity index (χ0v) is 17.4. The van der Waals surface area contributed by atoms with E-state index in [2.05, 4.69) is 0 Å². The zero-order valence-electron chi connectivity index (χ0n) is 17.4. The number of benzene rings is 1. The van der Waals surface area contributed by atoms with E-state index < -0.39 is 40.9 Å². The molecule has 0 amide bonds. The van der Waals surface area contributed by atoms with Crippen molar-refractivity contribution in [2.75, 3.05) is 46.4 Å². The average Bonchev–Trinajstić information content (AvgIpc) is 2.61. The first-order chi connectivity index (χ1) is 13.1. The van der Waals surface area contributed by atoms with E-state index in [1.54, 1.807) is 12.1 Å². The number of hydrogen-bond acceptors (Lipinski definition) is 7. The van der Waals surface area contributed by atoms with Crippen LogP contribution < -0.4 is 4.90 Å².